The molecule has 5 nitrogen and oxygen atoms in total. The largest absolute Gasteiger partial charge is 0.396 e. The van der Waals surface area contributed by atoms with Gasteiger partial charge in [-0.2, -0.15) is 0 Å². The summed E-state index contributed by atoms with van der Waals surface area (Å²) in [6.07, 6.45) is 2.78. The third-order valence-corrected chi connectivity index (χ3v) is 4.22. The van der Waals surface area contributed by atoms with Crippen molar-refractivity contribution in [2.24, 2.45) is 5.41 Å². The Labute approximate surface area is 124 Å². The highest BCUT2D eigenvalue weighted by Gasteiger charge is 2.38. The predicted molar refractivity (Wildman–Crippen MR) is 79.7 cm³/mol. The van der Waals surface area contributed by atoms with E-state index in [0.717, 1.165) is 19.3 Å². The molecule has 0 heterocycles. The third-order valence-electron chi connectivity index (χ3n) is 4.22. The molecule has 1 aliphatic carbocycles. The molecule has 2 atom stereocenters. The lowest BCUT2D eigenvalue weighted by atomic mass is 9.86. The number of carbonyl (C=O) groups is 2. The molecular formula is C16H22N2O3. The van der Waals surface area contributed by atoms with Crippen molar-refractivity contribution in [2.75, 3.05) is 13.2 Å². The molecule has 1 saturated carbocycles. The molecule has 5 heteroatoms. The Morgan fingerprint density at radius 2 is 2.05 bits per heavy atom. The van der Waals surface area contributed by atoms with Crippen LogP contribution in [-0.4, -0.2) is 36.1 Å². The molecule has 0 radical (unpaired) electrons. The Morgan fingerprint density at radius 3 is 2.71 bits per heavy atom. The minimum atomic E-state index is -0.262. The van der Waals surface area contributed by atoms with Crippen LogP contribution in [-0.2, 0) is 4.79 Å². The summed E-state index contributed by atoms with van der Waals surface area (Å²) in [7, 11) is 0. The molecule has 3 N–H and O–H groups in total. The fourth-order valence-corrected chi connectivity index (χ4v) is 2.77. The predicted octanol–water partition coefficient (Wildman–Crippen LogP) is 1.08. The first-order chi connectivity index (χ1) is 10.0. The molecule has 0 saturated heterocycles. The van der Waals surface area contributed by atoms with Crippen molar-refractivity contribution in [3.8, 4) is 0 Å². The van der Waals surface area contributed by atoms with Crippen LogP contribution in [0.4, 0.5) is 0 Å². The van der Waals surface area contributed by atoms with E-state index in [4.69, 9.17) is 0 Å². The number of rotatable bonds is 5. The molecule has 114 valence electrons. The smallest absolute Gasteiger partial charge is 0.251 e. The SMILES string of the molecule is CC1(CO)CCCC1NC(=O)CNC(=O)c1ccccc1. The fourth-order valence-electron chi connectivity index (χ4n) is 2.77. The summed E-state index contributed by atoms with van der Waals surface area (Å²) in [4.78, 5) is 23.8. The van der Waals surface area contributed by atoms with E-state index in [-0.39, 0.29) is 36.4 Å². The molecule has 1 aromatic carbocycles. The highest BCUT2D eigenvalue weighted by molar-refractivity contribution is 5.96. The van der Waals surface area contributed by atoms with Crippen molar-refractivity contribution in [1.29, 1.82) is 0 Å². The second-order valence-electron chi connectivity index (χ2n) is 5.87. The zero-order chi connectivity index (χ0) is 15.3. The van der Waals surface area contributed by atoms with Crippen LogP contribution < -0.4 is 10.6 Å². The summed E-state index contributed by atoms with van der Waals surface area (Å²) in [5, 5.41) is 15.0. The maximum atomic E-state index is 11.9. The number of aliphatic hydroxyl groups is 1. The molecule has 0 spiro atoms. The molecule has 1 aliphatic rings. The van der Waals surface area contributed by atoms with Gasteiger partial charge in [0.05, 0.1) is 13.2 Å². The van der Waals surface area contributed by atoms with E-state index >= 15 is 0 Å². The molecule has 0 aromatic heterocycles. The van der Waals surface area contributed by atoms with E-state index in [9.17, 15) is 14.7 Å². The number of carbonyl (C=O) groups excluding carboxylic acids is 2. The summed E-state index contributed by atoms with van der Waals surface area (Å²) >= 11 is 0. The average Bonchev–Trinajstić information content (AvgIpc) is 2.87. The topological polar surface area (TPSA) is 78.4 Å². The second-order valence-corrected chi connectivity index (χ2v) is 5.87. The Bertz CT molecular complexity index is 504. The fraction of sp³-hybridized carbons (Fsp3) is 0.500. The third kappa shape index (κ3) is 3.82. The van der Waals surface area contributed by atoms with Crippen LogP contribution in [0, 0.1) is 5.41 Å². The molecular weight excluding hydrogens is 268 g/mol. The summed E-state index contributed by atoms with van der Waals surface area (Å²) < 4.78 is 0. The standard InChI is InChI=1S/C16H22N2O3/c1-16(11-19)9-5-8-13(16)18-14(20)10-17-15(21)12-6-3-2-4-7-12/h2-4,6-7,13,19H,5,8-11H2,1H3,(H,17,21)(H,18,20). The van der Waals surface area contributed by atoms with Gasteiger partial charge >= 0.3 is 0 Å². The van der Waals surface area contributed by atoms with E-state index in [1.165, 1.54) is 0 Å². The quantitative estimate of drug-likeness (QED) is 0.759. The van der Waals surface area contributed by atoms with Gasteiger partial charge in [0.1, 0.15) is 0 Å². The van der Waals surface area contributed by atoms with Crippen molar-refractivity contribution < 1.29 is 14.7 Å². The Hall–Kier alpha value is -1.88. The van der Waals surface area contributed by atoms with Crippen molar-refractivity contribution in [1.82, 2.24) is 10.6 Å². The first kappa shape index (κ1) is 15.5. The summed E-state index contributed by atoms with van der Waals surface area (Å²) in [6, 6.07) is 8.77. The number of hydrogen-bond donors (Lipinski definition) is 3. The lowest BCUT2D eigenvalue weighted by molar-refractivity contribution is -0.121. The molecule has 1 aromatic rings. The molecule has 1 fully saturated rings. The Morgan fingerprint density at radius 1 is 1.33 bits per heavy atom. The van der Waals surface area contributed by atoms with Crippen molar-refractivity contribution in [3.05, 3.63) is 35.9 Å². The maximum absolute atomic E-state index is 11.9. The first-order valence-corrected chi connectivity index (χ1v) is 7.28. The lowest BCUT2D eigenvalue weighted by Gasteiger charge is -2.30. The van der Waals surface area contributed by atoms with Crippen LogP contribution in [0.15, 0.2) is 30.3 Å². The van der Waals surface area contributed by atoms with Gasteiger partial charge in [-0.1, -0.05) is 31.5 Å². The number of aliphatic hydroxyl groups excluding tert-OH is 1. The zero-order valence-electron chi connectivity index (χ0n) is 12.3. The lowest BCUT2D eigenvalue weighted by Crippen LogP contribution is -2.48. The molecule has 0 aliphatic heterocycles. The minimum absolute atomic E-state index is 0.0244. The first-order valence-electron chi connectivity index (χ1n) is 7.28. The van der Waals surface area contributed by atoms with E-state index in [1.807, 2.05) is 13.0 Å². The van der Waals surface area contributed by atoms with Gasteiger partial charge in [0.25, 0.3) is 5.91 Å². The van der Waals surface area contributed by atoms with Crippen molar-refractivity contribution in [3.63, 3.8) is 0 Å². The van der Waals surface area contributed by atoms with E-state index in [0.29, 0.717) is 5.56 Å². The molecule has 21 heavy (non-hydrogen) atoms. The number of amides is 2. The zero-order valence-corrected chi connectivity index (χ0v) is 12.3. The Balaban J connectivity index is 1.81. The van der Waals surface area contributed by atoms with Crippen LogP contribution in [0.3, 0.4) is 0 Å². The average molecular weight is 290 g/mol. The molecule has 2 amide bonds. The number of hydrogen-bond acceptors (Lipinski definition) is 3. The van der Waals surface area contributed by atoms with Gasteiger partial charge in [-0.25, -0.2) is 0 Å². The van der Waals surface area contributed by atoms with Crippen LogP contribution in [0.5, 0.6) is 0 Å². The van der Waals surface area contributed by atoms with E-state index < -0.39 is 0 Å². The van der Waals surface area contributed by atoms with E-state index in [2.05, 4.69) is 10.6 Å². The van der Waals surface area contributed by atoms with Gasteiger partial charge in [-0.15, -0.1) is 0 Å². The number of nitrogens with one attached hydrogen (secondary N) is 2. The summed E-state index contributed by atoms with van der Waals surface area (Å²) in [5.41, 5.74) is 0.283. The van der Waals surface area contributed by atoms with Gasteiger partial charge in [0.2, 0.25) is 5.91 Å². The van der Waals surface area contributed by atoms with E-state index in [1.54, 1.807) is 24.3 Å². The highest BCUT2D eigenvalue weighted by atomic mass is 16.3. The van der Waals surface area contributed by atoms with Crippen molar-refractivity contribution in [2.45, 2.75) is 32.2 Å². The van der Waals surface area contributed by atoms with Crippen LogP contribution in [0.2, 0.25) is 0 Å². The number of benzene rings is 1. The minimum Gasteiger partial charge on any atom is -0.396 e. The van der Waals surface area contributed by atoms with Gasteiger partial charge in [-0.3, -0.25) is 9.59 Å². The molecule has 0 bridgehead atoms. The van der Waals surface area contributed by atoms with Crippen LogP contribution >= 0.6 is 0 Å². The van der Waals surface area contributed by atoms with Gasteiger partial charge < -0.3 is 15.7 Å². The summed E-state index contributed by atoms with van der Waals surface area (Å²) in [5.74, 6) is -0.479. The van der Waals surface area contributed by atoms with Gasteiger partial charge in [0, 0.05) is 17.0 Å². The molecule has 2 rings (SSSR count). The second kappa shape index (κ2) is 6.72. The van der Waals surface area contributed by atoms with Gasteiger partial charge in [-0.05, 0) is 25.0 Å². The van der Waals surface area contributed by atoms with Gasteiger partial charge in [0.15, 0.2) is 0 Å². The Kier molecular flexibility index (Phi) is 4.96. The summed E-state index contributed by atoms with van der Waals surface area (Å²) in [6.45, 7) is 1.99. The van der Waals surface area contributed by atoms with Crippen molar-refractivity contribution >= 4 is 11.8 Å². The highest BCUT2D eigenvalue weighted by Crippen LogP contribution is 2.37. The maximum Gasteiger partial charge on any atom is 0.251 e. The monoisotopic (exact) mass is 290 g/mol. The molecule has 2 unspecified atom stereocenters. The van der Waals surface area contributed by atoms with Crippen LogP contribution in [0.25, 0.3) is 0 Å². The normalized spacial score (nSPS) is 24.6. The van der Waals surface area contributed by atoms with Crippen LogP contribution in [0.1, 0.15) is 36.5 Å².